The van der Waals surface area contributed by atoms with Crippen LogP contribution in [0.5, 0.6) is 17.2 Å². The molecule has 0 aliphatic rings. The first-order valence-corrected chi connectivity index (χ1v) is 9.46. The first-order valence-electron chi connectivity index (χ1n) is 9.46. The molecule has 3 rings (SSSR count). The number of rotatable bonds is 9. The Morgan fingerprint density at radius 1 is 0.828 bits per heavy atom. The lowest BCUT2D eigenvalue weighted by Gasteiger charge is -2.13. The fourth-order valence-electron chi connectivity index (χ4n) is 3.03. The van der Waals surface area contributed by atoms with Crippen molar-refractivity contribution in [2.75, 3.05) is 26.1 Å². The molecule has 0 aromatic heterocycles. The van der Waals surface area contributed by atoms with Crippen LogP contribution in [-0.4, -0.2) is 26.7 Å². The molecular formula is C24H25NO4. The number of amides is 1. The summed E-state index contributed by atoms with van der Waals surface area (Å²) in [5.41, 5.74) is 2.93. The summed E-state index contributed by atoms with van der Waals surface area (Å²) < 4.78 is 16.4. The van der Waals surface area contributed by atoms with Crippen molar-refractivity contribution in [2.45, 2.75) is 12.8 Å². The summed E-state index contributed by atoms with van der Waals surface area (Å²) in [6.07, 6.45) is 0.961. The van der Waals surface area contributed by atoms with Gasteiger partial charge in [-0.3, -0.25) is 4.79 Å². The number of carbonyl (C=O) groups is 1. The standard InChI is InChI=1S/C24H25NO4/c1-27-21-13-12-20(17-19(21)16-18-8-4-3-5-9-18)25-24(26)14-15-29-23-11-7-6-10-22(23)28-2/h3-13,17H,14-16H2,1-2H3,(H,25,26). The van der Waals surface area contributed by atoms with E-state index < -0.39 is 0 Å². The molecule has 29 heavy (non-hydrogen) atoms. The van der Waals surface area contributed by atoms with E-state index in [4.69, 9.17) is 14.2 Å². The fourth-order valence-corrected chi connectivity index (χ4v) is 3.03. The quantitative estimate of drug-likeness (QED) is 0.574. The molecule has 0 bridgehead atoms. The number of ether oxygens (including phenoxy) is 3. The maximum absolute atomic E-state index is 12.3. The third-order valence-corrected chi connectivity index (χ3v) is 4.46. The Morgan fingerprint density at radius 2 is 1.52 bits per heavy atom. The van der Waals surface area contributed by atoms with E-state index in [-0.39, 0.29) is 18.9 Å². The summed E-state index contributed by atoms with van der Waals surface area (Å²) >= 11 is 0. The topological polar surface area (TPSA) is 56.8 Å². The van der Waals surface area contributed by atoms with Crippen molar-refractivity contribution < 1.29 is 19.0 Å². The maximum Gasteiger partial charge on any atom is 0.227 e. The summed E-state index contributed by atoms with van der Waals surface area (Å²) in [6, 6.07) is 23.2. The lowest BCUT2D eigenvalue weighted by atomic mass is 10.0. The minimum absolute atomic E-state index is 0.115. The van der Waals surface area contributed by atoms with Crippen molar-refractivity contribution in [3.63, 3.8) is 0 Å². The van der Waals surface area contributed by atoms with E-state index in [1.54, 1.807) is 14.2 Å². The largest absolute Gasteiger partial charge is 0.496 e. The van der Waals surface area contributed by atoms with Crippen molar-refractivity contribution in [2.24, 2.45) is 0 Å². The van der Waals surface area contributed by atoms with Crippen LogP contribution in [0.15, 0.2) is 72.8 Å². The molecule has 0 atom stereocenters. The molecule has 0 radical (unpaired) electrons. The number of hydrogen-bond donors (Lipinski definition) is 1. The van der Waals surface area contributed by atoms with E-state index in [0.717, 1.165) is 23.4 Å². The van der Waals surface area contributed by atoms with Gasteiger partial charge in [0.15, 0.2) is 11.5 Å². The van der Waals surface area contributed by atoms with Gasteiger partial charge in [-0.05, 0) is 35.9 Å². The first kappa shape index (κ1) is 20.3. The van der Waals surface area contributed by atoms with Gasteiger partial charge in [0, 0.05) is 17.7 Å². The Kier molecular flexibility index (Phi) is 7.11. The van der Waals surface area contributed by atoms with Crippen molar-refractivity contribution >= 4 is 11.6 Å². The third kappa shape index (κ3) is 5.75. The number of anilines is 1. The van der Waals surface area contributed by atoms with Gasteiger partial charge >= 0.3 is 0 Å². The Bertz CT molecular complexity index is 941. The molecule has 1 amide bonds. The second-order valence-electron chi connectivity index (χ2n) is 6.49. The highest BCUT2D eigenvalue weighted by Crippen LogP contribution is 2.27. The Labute approximate surface area is 171 Å². The van der Waals surface area contributed by atoms with Crippen LogP contribution in [0.3, 0.4) is 0 Å². The molecule has 0 aliphatic heterocycles. The molecule has 1 N–H and O–H groups in total. The first-order chi connectivity index (χ1) is 14.2. The highest BCUT2D eigenvalue weighted by atomic mass is 16.5. The predicted molar refractivity (Wildman–Crippen MR) is 114 cm³/mol. The van der Waals surface area contributed by atoms with Crippen LogP contribution in [0.25, 0.3) is 0 Å². The Balaban J connectivity index is 1.59. The summed E-state index contributed by atoms with van der Waals surface area (Å²) in [6.45, 7) is 0.263. The van der Waals surface area contributed by atoms with Gasteiger partial charge in [-0.25, -0.2) is 0 Å². The number of carbonyl (C=O) groups excluding carboxylic acids is 1. The van der Waals surface area contributed by atoms with Crippen molar-refractivity contribution in [3.8, 4) is 17.2 Å². The van der Waals surface area contributed by atoms with Crippen molar-refractivity contribution in [1.82, 2.24) is 0 Å². The second-order valence-corrected chi connectivity index (χ2v) is 6.49. The van der Waals surface area contributed by atoms with Crippen LogP contribution >= 0.6 is 0 Å². The van der Waals surface area contributed by atoms with Crippen LogP contribution in [-0.2, 0) is 11.2 Å². The van der Waals surface area contributed by atoms with Gasteiger partial charge in [0.1, 0.15) is 5.75 Å². The third-order valence-electron chi connectivity index (χ3n) is 4.46. The highest BCUT2D eigenvalue weighted by molar-refractivity contribution is 5.91. The predicted octanol–water partition coefficient (Wildman–Crippen LogP) is 4.70. The molecule has 0 aliphatic carbocycles. The maximum atomic E-state index is 12.3. The molecule has 150 valence electrons. The molecule has 3 aromatic carbocycles. The van der Waals surface area contributed by atoms with Gasteiger partial charge < -0.3 is 19.5 Å². The van der Waals surface area contributed by atoms with E-state index in [2.05, 4.69) is 17.4 Å². The molecule has 0 saturated heterocycles. The summed E-state index contributed by atoms with van der Waals surface area (Å²) in [4.78, 5) is 12.3. The number of para-hydroxylation sites is 2. The lowest BCUT2D eigenvalue weighted by Crippen LogP contribution is -2.15. The van der Waals surface area contributed by atoms with Gasteiger partial charge in [0.05, 0.1) is 27.2 Å². The molecular weight excluding hydrogens is 366 g/mol. The minimum Gasteiger partial charge on any atom is -0.496 e. The zero-order chi connectivity index (χ0) is 20.5. The number of hydrogen-bond acceptors (Lipinski definition) is 4. The van der Waals surface area contributed by atoms with Gasteiger partial charge in [0.2, 0.25) is 5.91 Å². The van der Waals surface area contributed by atoms with E-state index >= 15 is 0 Å². The van der Waals surface area contributed by atoms with Crippen molar-refractivity contribution in [3.05, 3.63) is 83.9 Å². The number of methoxy groups -OCH3 is 2. The molecule has 0 heterocycles. The molecule has 0 unspecified atom stereocenters. The van der Waals surface area contributed by atoms with Crippen LogP contribution in [0.4, 0.5) is 5.69 Å². The van der Waals surface area contributed by atoms with Crippen LogP contribution in [0.2, 0.25) is 0 Å². The van der Waals surface area contributed by atoms with Crippen LogP contribution in [0.1, 0.15) is 17.5 Å². The molecule has 0 fully saturated rings. The molecule has 5 heteroatoms. The SMILES string of the molecule is COc1ccc(NC(=O)CCOc2ccccc2OC)cc1Cc1ccccc1. The zero-order valence-corrected chi connectivity index (χ0v) is 16.7. The summed E-state index contributed by atoms with van der Waals surface area (Å²) in [5.74, 6) is 1.95. The van der Waals surface area contributed by atoms with Gasteiger partial charge in [-0.15, -0.1) is 0 Å². The summed E-state index contributed by atoms with van der Waals surface area (Å²) in [5, 5.41) is 2.93. The van der Waals surface area contributed by atoms with E-state index in [1.807, 2.05) is 60.7 Å². The normalized spacial score (nSPS) is 10.3. The molecule has 0 saturated carbocycles. The number of benzene rings is 3. The summed E-state index contributed by atoms with van der Waals surface area (Å²) in [7, 11) is 3.24. The average molecular weight is 391 g/mol. The lowest BCUT2D eigenvalue weighted by molar-refractivity contribution is -0.116. The zero-order valence-electron chi connectivity index (χ0n) is 16.7. The molecule has 0 spiro atoms. The highest BCUT2D eigenvalue weighted by Gasteiger charge is 2.09. The minimum atomic E-state index is -0.115. The Hall–Kier alpha value is -3.47. The van der Waals surface area contributed by atoms with Crippen molar-refractivity contribution in [1.29, 1.82) is 0 Å². The molecule has 5 nitrogen and oxygen atoms in total. The van der Waals surface area contributed by atoms with Gasteiger partial charge in [-0.1, -0.05) is 42.5 Å². The number of nitrogens with one attached hydrogen (secondary N) is 1. The van der Waals surface area contributed by atoms with Gasteiger partial charge in [0.25, 0.3) is 0 Å². The smallest absolute Gasteiger partial charge is 0.227 e. The fraction of sp³-hybridized carbons (Fsp3) is 0.208. The van der Waals surface area contributed by atoms with Crippen LogP contribution < -0.4 is 19.5 Å². The monoisotopic (exact) mass is 391 g/mol. The van der Waals surface area contributed by atoms with E-state index in [0.29, 0.717) is 11.5 Å². The van der Waals surface area contributed by atoms with E-state index in [9.17, 15) is 4.79 Å². The van der Waals surface area contributed by atoms with Gasteiger partial charge in [-0.2, -0.15) is 0 Å². The Morgan fingerprint density at radius 3 is 2.24 bits per heavy atom. The van der Waals surface area contributed by atoms with Crippen LogP contribution in [0, 0.1) is 0 Å². The van der Waals surface area contributed by atoms with E-state index in [1.165, 1.54) is 5.56 Å². The average Bonchev–Trinajstić information content (AvgIpc) is 2.75. The molecule has 3 aromatic rings. The second kappa shape index (κ2) is 10.2.